The van der Waals surface area contributed by atoms with E-state index in [1.807, 2.05) is 67.6 Å². The van der Waals surface area contributed by atoms with Crippen LogP contribution in [0.3, 0.4) is 0 Å². The summed E-state index contributed by atoms with van der Waals surface area (Å²) in [5.74, 6) is -1.32. The Hall–Kier alpha value is -3.80. The largest absolute Gasteiger partial charge is 0.489 e. The molecule has 3 rings (SSSR count). The van der Waals surface area contributed by atoms with Crippen molar-refractivity contribution < 1.29 is 24.2 Å². The molecule has 2 unspecified atom stereocenters. The van der Waals surface area contributed by atoms with E-state index in [0.717, 1.165) is 11.1 Å². The highest BCUT2D eigenvalue weighted by atomic mass is 16.5. The smallest absolute Gasteiger partial charge is 0.306 e. The van der Waals surface area contributed by atoms with E-state index in [0.29, 0.717) is 18.8 Å². The minimum Gasteiger partial charge on any atom is -0.489 e. The maximum atomic E-state index is 12.0. The molecule has 0 heterocycles. The van der Waals surface area contributed by atoms with Crippen molar-refractivity contribution in [1.82, 2.24) is 0 Å². The summed E-state index contributed by atoms with van der Waals surface area (Å²) in [5, 5.41) is 9.55. The zero-order valence-corrected chi connectivity index (χ0v) is 17.9. The van der Waals surface area contributed by atoms with Crippen LogP contribution in [0.1, 0.15) is 47.4 Å². The maximum absolute atomic E-state index is 12.0. The van der Waals surface area contributed by atoms with Crippen molar-refractivity contribution in [1.29, 1.82) is 0 Å². The summed E-state index contributed by atoms with van der Waals surface area (Å²) in [5.41, 5.74) is 7.60. The van der Waals surface area contributed by atoms with Crippen LogP contribution in [0.15, 0.2) is 78.9 Å². The van der Waals surface area contributed by atoms with Crippen LogP contribution < -0.4 is 15.2 Å². The summed E-state index contributed by atoms with van der Waals surface area (Å²) in [6.07, 6.45) is 0.147. The van der Waals surface area contributed by atoms with Crippen LogP contribution in [0.4, 0.5) is 0 Å². The highest BCUT2D eigenvalue weighted by molar-refractivity contribution is 5.95. The quantitative estimate of drug-likeness (QED) is 0.444. The number of carbonyl (C=O) groups is 2. The molecular formula is C26H27NO5. The number of ether oxygens (including phenoxy) is 2. The standard InChI is InChI=1S/C26H27NO5/c1-2-19(26(29)30)15-23(20-11-7-4-8-12-20)32-24-16-21(13-14-22(24)25(27)28)31-17-18-9-5-3-6-10-18/h3-14,16,19,23H,2,15,17H2,1H3,(H2,27,28)(H,29,30). The Labute approximate surface area is 187 Å². The summed E-state index contributed by atoms with van der Waals surface area (Å²) in [6, 6.07) is 23.9. The Balaban J connectivity index is 1.89. The van der Waals surface area contributed by atoms with Crippen molar-refractivity contribution in [2.45, 2.75) is 32.5 Å². The second kappa shape index (κ2) is 11.0. The number of amides is 1. The molecule has 0 radical (unpaired) electrons. The number of rotatable bonds is 11. The SMILES string of the molecule is CCC(CC(Oc1cc(OCc2ccccc2)ccc1C(N)=O)c1ccccc1)C(=O)O. The molecule has 3 N–H and O–H groups in total. The lowest BCUT2D eigenvalue weighted by Gasteiger charge is -2.24. The lowest BCUT2D eigenvalue weighted by atomic mass is 9.94. The summed E-state index contributed by atoms with van der Waals surface area (Å²) >= 11 is 0. The minimum atomic E-state index is -0.882. The lowest BCUT2D eigenvalue weighted by molar-refractivity contribution is -0.142. The molecule has 166 valence electrons. The fraction of sp³-hybridized carbons (Fsp3) is 0.231. The normalized spacial score (nSPS) is 12.5. The lowest BCUT2D eigenvalue weighted by Crippen LogP contribution is -2.21. The number of aliphatic carboxylic acids is 1. The van der Waals surface area contributed by atoms with Crippen LogP contribution in [-0.4, -0.2) is 17.0 Å². The van der Waals surface area contributed by atoms with Crippen molar-refractivity contribution in [3.8, 4) is 11.5 Å². The number of hydrogen-bond acceptors (Lipinski definition) is 4. The van der Waals surface area contributed by atoms with Crippen LogP contribution in [0.5, 0.6) is 11.5 Å². The summed E-state index contributed by atoms with van der Waals surface area (Å²) in [6.45, 7) is 2.18. The first-order valence-corrected chi connectivity index (χ1v) is 10.5. The van der Waals surface area contributed by atoms with E-state index in [-0.39, 0.29) is 17.7 Å². The Morgan fingerprint density at radius 3 is 2.22 bits per heavy atom. The van der Waals surface area contributed by atoms with Crippen LogP contribution in [0.25, 0.3) is 0 Å². The average molecular weight is 434 g/mol. The van der Waals surface area contributed by atoms with Crippen molar-refractivity contribution >= 4 is 11.9 Å². The first-order valence-electron chi connectivity index (χ1n) is 10.5. The van der Waals surface area contributed by atoms with Gasteiger partial charge in [-0.05, 0) is 29.7 Å². The van der Waals surface area contributed by atoms with Crippen LogP contribution in [-0.2, 0) is 11.4 Å². The molecule has 0 aliphatic carbocycles. The fourth-order valence-electron chi connectivity index (χ4n) is 3.41. The van der Waals surface area contributed by atoms with E-state index in [4.69, 9.17) is 15.2 Å². The second-order valence-corrected chi connectivity index (χ2v) is 7.49. The van der Waals surface area contributed by atoms with Crippen LogP contribution in [0.2, 0.25) is 0 Å². The molecule has 2 atom stereocenters. The molecule has 0 spiro atoms. The van der Waals surface area contributed by atoms with Gasteiger partial charge in [0.25, 0.3) is 5.91 Å². The molecule has 6 heteroatoms. The maximum Gasteiger partial charge on any atom is 0.306 e. The first-order chi connectivity index (χ1) is 15.5. The van der Waals surface area contributed by atoms with Gasteiger partial charge < -0.3 is 20.3 Å². The molecular weight excluding hydrogens is 406 g/mol. The van der Waals surface area contributed by atoms with E-state index in [1.54, 1.807) is 18.2 Å². The van der Waals surface area contributed by atoms with Crippen molar-refractivity contribution in [3.63, 3.8) is 0 Å². The Kier molecular flexibility index (Phi) is 7.86. The van der Waals surface area contributed by atoms with Gasteiger partial charge in [-0.25, -0.2) is 0 Å². The van der Waals surface area contributed by atoms with Crippen LogP contribution >= 0.6 is 0 Å². The highest BCUT2D eigenvalue weighted by Crippen LogP contribution is 2.33. The summed E-state index contributed by atoms with van der Waals surface area (Å²) < 4.78 is 12.1. The van der Waals surface area contributed by atoms with Gasteiger partial charge in [0.05, 0.1) is 11.5 Å². The number of benzene rings is 3. The zero-order valence-electron chi connectivity index (χ0n) is 17.9. The molecule has 0 saturated heterocycles. The molecule has 3 aromatic rings. The van der Waals surface area contributed by atoms with Gasteiger partial charge >= 0.3 is 5.97 Å². The topological polar surface area (TPSA) is 98.9 Å². The van der Waals surface area contributed by atoms with E-state index in [9.17, 15) is 14.7 Å². The Morgan fingerprint density at radius 2 is 1.62 bits per heavy atom. The van der Waals surface area contributed by atoms with Crippen molar-refractivity contribution in [2.24, 2.45) is 11.7 Å². The molecule has 0 aliphatic heterocycles. The number of carboxylic acids is 1. The van der Waals surface area contributed by atoms with Gasteiger partial charge in [0, 0.05) is 12.5 Å². The molecule has 0 fully saturated rings. The Bertz CT molecular complexity index is 1040. The van der Waals surface area contributed by atoms with Crippen LogP contribution in [0, 0.1) is 5.92 Å². The Morgan fingerprint density at radius 1 is 0.969 bits per heavy atom. The summed E-state index contributed by atoms with van der Waals surface area (Å²) in [7, 11) is 0. The van der Waals surface area contributed by atoms with E-state index < -0.39 is 23.9 Å². The third-order valence-electron chi connectivity index (χ3n) is 5.25. The molecule has 6 nitrogen and oxygen atoms in total. The minimum absolute atomic E-state index is 0.210. The molecule has 0 bridgehead atoms. The molecule has 3 aromatic carbocycles. The van der Waals surface area contributed by atoms with E-state index >= 15 is 0 Å². The molecule has 0 saturated carbocycles. The molecule has 0 aromatic heterocycles. The second-order valence-electron chi connectivity index (χ2n) is 7.49. The van der Waals surface area contributed by atoms with Gasteiger partial charge in [0.15, 0.2) is 0 Å². The van der Waals surface area contributed by atoms with Crippen molar-refractivity contribution in [2.75, 3.05) is 0 Å². The van der Waals surface area contributed by atoms with Gasteiger partial charge in [0.1, 0.15) is 24.2 Å². The van der Waals surface area contributed by atoms with Gasteiger partial charge in [-0.2, -0.15) is 0 Å². The molecule has 1 amide bonds. The third kappa shape index (κ3) is 6.11. The first kappa shape index (κ1) is 22.9. The van der Waals surface area contributed by atoms with Gasteiger partial charge in [-0.3, -0.25) is 9.59 Å². The number of carbonyl (C=O) groups excluding carboxylic acids is 1. The predicted molar refractivity (Wildman–Crippen MR) is 122 cm³/mol. The number of hydrogen-bond donors (Lipinski definition) is 2. The predicted octanol–water partition coefficient (Wildman–Crippen LogP) is 4.99. The van der Waals surface area contributed by atoms with Crippen molar-refractivity contribution in [3.05, 3.63) is 95.6 Å². The van der Waals surface area contributed by atoms with Gasteiger partial charge in [-0.1, -0.05) is 67.6 Å². The molecule has 0 aliphatic rings. The third-order valence-corrected chi connectivity index (χ3v) is 5.25. The highest BCUT2D eigenvalue weighted by Gasteiger charge is 2.25. The molecule has 32 heavy (non-hydrogen) atoms. The fourth-order valence-corrected chi connectivity index (χ4v) is 3.41. The van der Waals surface area contributed by atoms with E-state index in [2.05, 4.69) is 0 Å². The van der Waals surface area contributed by atoms with Gasteiger partial charge in [0.2, 0.25) is 0 Å². The summed E-state index contributed by atoms with van der Waals surface area (Å²) in [4.78, 5) is 23.7. The number of primary amides is 1. The zero-order chi connectivity index (χ0) is 22.9. The monoisotopic (exact) mass is 433 g/mol. The van der Waals surface area contributed by atoms with E-state index in [1.165, 1.54) is 0 Å². The number of carboxylic acid groups (broad SMARTS) is 1. The van der Waals surface area contributed by atoms with Gasteiger partial charge in [-0.15, -0.1) is 0 Å². The average Bonchev–Trinajstić information content (AvgIpc) is 2.81. The number of nitrogens with two attached hydrogens (primary N) is 1.